The first-order valence-electron chi connectivity index (χ1n) is 5.08. The van der Waals surface area contributed by atoms with Crippen molar-refractivity contribution in [1.82, 2.24) is 24.7 Å². The molecule has 0 atom stereocenters. The van der Waals surface area contributed by atoms with Gasteiger partial charge >= 0.3 is 0 Å². The Hall–Kier alpha value is -1.87. The summed E-state index contributed by atoms with van der Waals surface area (Å²) in [5.74, 6) is 0.563. The number of hydrogen-bond acceptors (Lipinski definition) is 5. The Morgan fingerprint density at radius 2 is 2.33 bits per heavy atom. The summed E-state index contributed by atoms with van der Waals surface area (Å²) in [4.78, 5) is 0.0883. The number of rotatable bonds is 5. The number of nitrogens with one attached hydrogen (secondary N) is 2. The SMILES string of the molecule is COc1cc(CNS(=O)(=O)c2cn[nH]c2)nn1C. The van der Waals surface area contributed by atoms with E-state index in [9.17, 15) is 8.42 Å². The van der Waals surface area contributed by atoms with Gasteiger partial charge in [-0.25, -0.2) is 17.8 Å². The maximum atomic E-state index is 11.8. The van der Waals surface area contributed by atoms with E-state index in [0.717, 1.165) is 0 Å². The molecule has 98 valence electrons. The highest BCUT2D eigenvalue weighted by Gasteiger charge is 2.15. The number of methoxy groups -OCH3 is 1. The molecule has 0 spiro atoms. The molecule has 9 heteroatoms. The van der Waals surface area contributed by atoms with Gasteiger partial charge in [0, 0.05) is 19.3 Å². The summed E-state index contributed by atoms with van der Waals surface area (Å²) in [6.07, 6.45) is 2.54. The van der Waals surface area contributed by atoms with Crippen LogP contribution in [-0.4, -0.2) is 35.5 Å². The molecule has 0 aliphatic rings. The van der Waals surface area contributed by atoms with Gasteiger partial charge in [0.15, 0.2) is 0 Å². The largest absolute Gasteiger partial charge is 0.481 e. The average Bonchev–Trinajstić information content (AvgIpc) is 2.95. The Morgan fingerprint density at radius 1 is 1.56 bits per heavy atom. The lowest BCUT2D eigenvalue weighted by atomic mass is 10.4. The van der Waals surface area contributed by atoms with Crippen molar-refractivity contribution in [2.45, 2.75) is 11.4 Å². The molecule has 2 rings (SSSR count). The van der Waals surface area contributed by atoms with Gasteiger partial charge in [-0.15, -0.1) is 0 Å². The lowest BCUT2D eigenvalue weighted by molar-refractivity contribution is 0.373. The molecule has 0 fully saturated rings. The Kier molecular flexibility index (Phi) is 3.34. The molecule has 18 heavy (non-hydrogen) atoms. The minimum atomic E-state index is -3.56. The zero-order chi connectivity index (χ0) is 13.2. The lowest BCUT2D eigenvalue weighted by Crippen LogP contribution is -2.23. The standard InChI is InChI=1S/C9H13N5O3S/c1-14-9(17-2)3-7(13-14)4-12-18(15,16)8-5-10-11-6-8/h3,5-6,12H,4H2,1-2H3,(H,10,11). The summed E-state index contributed by atoms with van der Waals surface area (Å²) in [7, 11) is -0.320. The molecule has 0 amide bonds. The molecule has 2 heterocycles. The molecule has 0 aliphatic carbocycles. The van der Waals surface area contributed by atoms with Crippen molar-refractivity contribution in [2.24, 2.45) is 7.05 Å². The van der Waals surface area contributed by atoms with Crippen LogP contribution < -0.4 is 9.46 Å². The summed E-state index contributed by atoms with van der Waals surface area (Å²) in [5, 5.41) is 10.1. The highest BCUT2D eigenvalue weighted by atomic mass is 32.2. The minimum absolute atomic E-state index is 0.0880. The Morgan fingerprint density at radius 3 is 2.89 bits per heavy atom. The second kappa shape index (κ2) is 4.78. The molecular weight excluding hydrogens is 258 g/mol. The van der Waals surface area contributed by atoms with E-state index < -0.39 is 10.0 Å². The maximum absolute atomic E-state index is 11.8. The fourth-order valence-electron chi connectivity index (χ4n) is 1.42. The second-order valence-corrected chi connectivity index (χ2v) is 5.33. The van der Waals surface area contributed by atoms with Crippen LogP contribution in [0.1, 0.15) is 5.69 Å². The zero-order valence-electron chi connectivity index (χ0n) is 9.91. The third-order valence-corrected chi connectivity index (χ3v) is 3.69. The fraction of sp³-hybridized carbons (Fsp3) is 0.333. The van der Waals surface area contributed by atoms with Crippen molar-refractivity contribution in [1.29, 1.82) is 0 Å². The molecule has 0 bridgehead atoms. The van der Waals surface area contributed by atoms with Crippen molar-refractivity contribution in [3.63, 3.8) is 0 Å². The fourth-order valence-corrected chi connectivity index (χ4v) is 2.33. The molecule has 0 aromatic carbocycles. The normalized spacial score (nSPS) is 11.7. The summed E-state index contributed by atoms with van der Waals surface area (Å²) >= 11 is 0. The first-order chi connectivity index (χ1) is 8.53. The molecule has 2 aromatic rings. The van der Waals surface area contributed by atoms with Crippen LogP contribution in [0.3, 0.4) is 0 Å². The van der Waals surface area contributed by atoms with Crippen molar-refractivity contribution >= 4 is 10.0 Å². The molecule has 0 unspecified atom stereocenters. The van der Waals surface area contributed by atoms with Crippen LogP contribution in [0.5, 0.6) is 5.88 Å². The average molecular weight is 271 g/mol. The molecule has 0 saturated carbocycles. The number of nitrogens with zero attached hydrogens (tertiary/aromatic N) is 3. The second-order valence-electron chi connectivity index (χ2n) is 3.56. The maximum Gasteiger partial charge on any atom is 0.244 e. The summed E-state index contributed by atoms with van der Waals surface area (Å²) in [6, 6.07) is 1.66. The molecular formula is C9H13N5O3S. The van der Waals surface area contributed by atoms with Crippen LogP contribution in [0.25, 0.3) is 0 Å². The zero-order valence-corrected chi connectivity index (χ0v) is 10.7. The summed E-state index contributed by atoms with van der Waals surface area (Å²) in [6.45, 7) is 0.0880. The van der Waals surface area contributed by atoms with E-state index in [0.29, 0.717) is 11.6 Å². The number of aromatic nitrogens is 4. The van der Waals surface area contributed by atoms with Gasteiger partial charge in [-0.2, -0.15) is 10.2 Å². The Bertz CT molecular complexity index is 617. The van der Waals surface area contributed by atoms with Gasteiger partial charge in [-0.1, -0.05) is 0 Å². The van der Waals surface area contributed by atoms with Gasteiger partial charge in [0.1, 0.15) is 4.90 Å². The van der Waals surface area contributed by atoms with E-state index >= 15 is 0 Å². The van der Waals surface area contributed by atoms with Crippen LogP contribution in [0.4, 0.5) is 0 Å². The van der Waals surface area contributed by atoms with E-state index in [1.807, 2.05) is 0 Å². The first kappa shape index (κ1) is 12.6. The van der Waals surface area contributed by atoms with Crippen molar-refractivity contribution < 1.29 is 13.2 Å². The first-order valence-corrected chi connectivity index (χ1v) is 6.56. The lowest BCUT2D eigenvalue weighted by Gasteiger charge is -2.01. The molecule has 2 aromatic heterocycles. The molecule has 0 aliphatic heterocycles. The third kappa shape index (κ3) is 2.51. The van der Waals surface area contributed by atoms with Gasteiger partial charge in [0.2, 0.25) is 15.9 Å². The number of aromatic amines is 1. The van der Waals surface area contributed by atoms with Crippen LogP contribution in [0.2, 0.25) is 0 Å². The predicted molar refractivity (Wildman–Crippen MR) is 62.4 cm³/mol. The molecule has 2 N–H and O–H groups in total. The number of hydrogen-bond donors (Lipinski definition) is 2. The third-order valence-electron chi connectivity index (χ3n) is 2.32. The van der Waals surface area contributed by atoms with E-state index in [4.69, 9.17) is 4.74 Å². The summed E-state index contributed by atoms with van der Waals surface area (Å²) < 4.78 is 32.6. The number of H-pyrrole nitrogens is 1. The highest BCUT2D eigenvalue weighted by molar-refractivity contribution is 7.89. The van der Waals surface area contributed by atoms with Crippen LogP contribution in [-0.2, 0) is 23.6 Å². The number of aryl methyl sites for hydroxylation is 1. The van der Waals surface area contributed by atoms with Gasteiger partial charge < -0.3 is 4.74 Å². The van der Waals surface area contributed by atoms with Crippen LogP contribution in [0, 0.1) is 0 Å². The van der Waals surface area contributed by atoms with E-state index in [2.05, 4.69) is 20.0 Å². The molecule has 0 saturated heterocycles. The molecule has 0 radical (unpaired) electrons. The van der Waals surface area contributed by atoms with Gasteiger partial charge in [-0.05, 0) is 0 Å². The van der Waals surface area contributed by atoms with Crippen LogP contribution in [0.15, 0.2) is 23.4 Å². The van der Waals surface area contributed by atoms with Gasteiger partial charge in [0.25, 0.3) is 0 Å². The Labute approximate surface area is 104 Å². The monoisotopic (exact) mass is 271 g/mol. The molecule has 8 nitrogen and oxygen atoms in total. The predicted octanol–water partition coefficient (Wildman–Crippen LogP) is -0.370. The van der Waals surface area contributed by atoms with E-state index in [1.54, 1.807) is 13.1 Å². The van der Waals surface area contributed by atoms with E-state index in [1.165, 1.54) is 24.2 Å². The summed E-state index contributed by atoms with van der Waals surface area (Å²) in [5.41, 5.74) is 0.571. The smallest absolute Gasteiger partial charge is 0.244 e. The van der Waals surface area contributed by atoms with Crippen LogP contribution >= 0.6 is 0 Å². The van der Waals surface area contributed by atoms with Crippen molar-refractivity contribution in [3.8, 4) is 5.88 Å². The highest BCUT2D eigenvalue weighted by Crippen LogP contribution is 2.12. The van der Waals surface area contributed by atoms with Gasteiger partial charge in [0.05, 0.1) is 25.5 Å². The van der Waals surface area contributed by atoms with Crippen molar-refractivity contribution in [3.05, 3.63) is 24.2 Å². The van der Waals surface area contributed by atoms with Gasteiger partial charge in [-0.3, -0.25) is 5.10 Å². The minimum Gasteiger partial charge on any atom is -0.481 e. The number of sulfonamides is 1. The van der Waals surface area contributed by atoms with E-state index in [-0.39, 0.29) is 11.4 Å². The quantitative estimate of drug-likeness (QED) is 0.772. The topological polar surface area (TPSA) is 102 Å². The Balaban J connectivity index is 2.07. The van der Waals surface area contributed by atoms with Crippen molar-refractivity contribution in [2.75, 3.05) is 7.11 Å². The number of ether oxygens (including phenoxy) is 1.